The Hall–Kier alpha value is -2.04. The molecular weight excluding hydrogens is 294 g/mol. The summed E-state index contributed by atoms with van der Waals surface area (Å²) in [7, 11) is 0. The first-order chi connectivity index (χ1) is 10.5. The number of ether oxygens (including phenoxy) is 1. The van der Waals surface area contributed by atoms with Crippen LogP contribution in [0.2, 0.25) is 0 Å². The van der Waals surface area contributed by atoms with Crippen molar-refractivity contribution in [1.29, 1.82) is 0 Å². The van der Waals surface area contributed by atoms with Gasteiger partial charge in [0.05, 0.1) is 12.0 Å². The SMILES string of the molecule is CC(C)C[C@](CC(=O)O)(NC(=O)OC(C)(C)C)c1ccccc1. The summed E-state index contributed by atoms with van der Waals surface area (Å²) >= 11 is 0. The molecule has 0 aliphatic carbocycles. The number of carboxylic acid groups (broad SMARTS) is 1. The summed E-state index contributed by atoms with van der Waals surface area (Å²) in [5, 5.41) is 12.2. The van der Waals surface area contributed by atoms with E-state index in [1.165, 1.54) is 0 Å². The topological polar surface area (TPSA) is 75.6 Å². The lowest BCUT2D eigenvalue weighted by molar-refractivity contribution is -0.139. The van der Waals surface area contributed by atoms with Gasteiger partial charge in [0, 0.05) is 0 Å². The lowest BCUT2D eigenvalue weighted by Crippen LogP contribution is -2.49. The van der Waals surface area contributed by atoms with Crippen LogP contribution >= 0.6 is 0 Å². The van der Waals surface area contributed by atoms with Gasteiger partial charge in [0.15, 0.2) is 0 Å². The summed E-state index contributed by atoms with van der Waals surface area (Å²) in [6.07, 6.45) is -0.306. The molecule has 0 aromatic heterocycles. The van der Waals surface area contributed by atoms with Gasteiger partial charge in [-0.3, -0.25) is 4.79 Å². The molecule has 0 heterocycles. The molecule has 0 aliphatic heterocycles. The maximum absolute atomic E-state index is 12.3. The molecule has 1 amide bonds. The van der Waals surface area contributed by atoms with Crippen LogP contribution in [0.5, 0.6) is 0 Å². The highest BCUT2D eigenvalue weighted by Gasteiger charge is 2.38. The van der Waals surface area contributed by atoms with Crippen LogP contribution in [0.25, 0.3) is 0 Å². The number of carbonyl (C=O) groups is 2. The summed E-state index contributed by atoms with van der Waals surface area (Å²) in [6, 6.07) is 9.20. The number of benzene rings is 1. The number of aliphatic carboxylic acids is 1. The van der Waals surface area contributed by atoms with Gasteiger partial charge < -0.3 is 15.2 Å². The van der Waals surface area contributed by atoms with Gasteiger partial charge in [-0.1, -0.05) is 44.2 Å². The molecule has 0 fully saturated rings. The van der Waals surface area contributed by atoms with Crippen molar-refractivity contribution < 1.29 is 19.4 Å². The third-order valence-corrected chi connectivity index (χ3v) is 3.28. The van der Waals surface area contributed by atoms with Crippen LogP contribution in [-0.2, 0) is 15.1 Å². The molecule has 1 aromatic rings. The number of carboxylic acids is 1. The molecule has 5 nitrogen and oxygen atoms in total. The van der Waals surface area contributed by atoms with E-state index in [4.69, 9.17) is 4.74 Å². The molecular formula is C18H27NO4. The van der Waals surface area contributed by atoms with Crippen molar-refractivity contribution in [3.8, 4) is 0 Å². The summed E-state index contributed by atoms with van der Waals surface area (Å²) in [4.78, 5) is 23.7. The molecule has 5 heteroatoms. The highest BCUT2D eigenvalue weighted by Crippen LogP contribution is 2.33. The first-order valence-corrected chi connectivity index (χ1v) is 7.82. The first-order valence-electron chi connectivity index (χ1n) is 7.82. The number of rotatable bonds is 6. The quantitative estimate of drug-likeness (QED) is 0.832. The van der Waals surface area contributed by atoms with Crippen LogP contribution in [0.1, 0.15) is 53.0 Å². The zero-order chi connectivity index (χ0) is 17.7. The molecule has 0 saturated carbocycles. The van der Waals surface area contributed by atoms with E-state index in [9.17, 15) is 14.7 Å². The lowest BCUT2D eigenvalue weighted by atomic mass is 9.80. The van der Waals surface area contributed by atoms with Crippen molar-refractivity contribution in [3.63, 3.8) is 0 Å². The Labute approximate surface area is 138 Å². The van der Waals surface area contributed by atoms with Gasteiger partial charge in [-0.25, -0.2) is 4.79 Å². The van der Waals surface area contributed by atoms with E-state index in [1.54, 1.807) is 20.8 Å². The Morgan fingerprint density at radius 2 is 1.74 bits per heavy atom. The zero-order valence-corrected chi connectivity index (χ0v) is 14.6. The Balaban J connectivity index is 3.21. The molecule has 1 rings (SSSR count). The predicted octanol–water partition coefficient (Wildman–Crippen LogP) is 3.93. The minimum absolute atomic E-state index is 0.199. The minimum Gasteiger partial charge on any atom is -0.481 e. The Kier molecular flexibility index (Phi) is 6.19. The average Bonchev–Trinajstić information content (AvgIpc) is 2.35. The first kappa shape index (κ1) is 19.0. The van der Waals surface area contributed by atoms with Crippen molar-refractivity contribution in [2.75, 3.05) is 0 Å². The molecule has 23 heavy (non-hydrogen) atoms. The molecule has 2 N–H and O–H groups in total. The maximum Gasteiger partial charge on any atom is 0.408 e. The average molecular weight is 321 g/mol. The van der Waals surface area contributed by atoms with Crippen LogP contribution < -0.4 is 5.32 Å². The highest BCUT2D eigenvalue weighted by molar-refractivity contribution is 5.73. The van der Waals surface area contributed by atoms with Crippen LogP contribution in [0.3, 0.4) is 0 Å². The van der Waals surface area contributed by atoms with E-state index in [0.717, 1.165) is 5.56 Å². The monoisotopic (exact) mass is 321 g/mol. The highest BCUT2D eigenvalue weighted by atomic mass is 16.6. The second kappa shape index (κ2) is 7.49. The van der Waals surface area contributed by atoms with Gasteiger partial charge in [-0.05, 0) is 38.7 Å². The van der Waals surface area contributed by atoms with Gasteiger partial charge in [0.1, 0.15) is 5.60 Å². The molecule has 0 saturated heterocycles. The molecule has 1 aromatic carbocycles. The standard InChI is InChI=1S/C18H27NO4/c1-13(2)11-18(12-15(20)21,14-9-7-6-8-10-14)19-16(22)23-17(3,4)5/h6-10,13H,11-12H2,1-5H3,(H,19,22)(H,20,21)/t18-/m1/s1. The zero-order valence-electron chi connectivity index (χ0n) is 14.6. The molecule has 0 spiro atoms. The van der Waals surface area contributed by atoms with Gasteiger partial charge in [0.25, 0.3) is 0 Å². The van der Waals surface area contributed by atoms with Crippen molar-refractivity contribution in [2.45, 2.75) is 58.6 Å². The summed E-state index contributed by atoms with van der Waals surface area (Å²) in [6.45, 7) is 9.32. The fourth-order valence-corrected chi connectivity index (χ4v) is 2.67. The normalized spacial score (nSPS) is 14.2. The van der Waals surface area contributed by atoms with Gasteiger partial charge in [-0.2, -0.15) is 0 Å². The number of carbonyl (C=O) groups excluding carboxylic acids is 1. The van der Waals surface area contributed by atoms with Crippen molar-refractivity contribution in [2.24, 2.45) is 5.92 Å². The van der Waals surface area contributed by atoms with E-state index in [1.807, 2.05) is 44.2 Å². The fourth-order valence-electron chi connectivity index (χ4n) is 2.67. The maximum atomic E-state index is 12.3. The van der Waals surface area contributed by atoms with Gasteiger partial charge >= 0.3 is 12.1 Å². The van der Waals surface area contributed by atoms with E-state index in [-0.39, 0.29) is 12.3 Å². The Morgan fingerprint density at radius 3 is 2.17 bits per heavy atom. The van der Waals surface area contributed by atoms with Crippen LogP contribution in [-0.4, -0.2) is 22.8 Å². The fraction of sp³-hybridized carbons (Fsp3) is 0.556. The van der Waals surface area contributed by atoms with Crippen LogP contribution in [0.4, 0.5) is 4.79 Å². The third-order valence-electron chi connectivity index (χ3n) is 3.28. The smallest absolute Gasteiger partial charge is 0.408 e. The molecule has 0 radical (unpaired) electrons. The molecule has 0 aliphatic rings. The van der Waals surface area contributed by atoms with E-state index in [2.05, 4.69) is 5.32 Å². The van der Waals surface area contributed by atoms with Crippen molar-refractivity contribution in [1.82, 2.24) is 5.32 Å². The van der Waals surface area contributed by atoms with Crippen LogP contribution in [0, 0.1) is 5.92 Å². The Morgan fingerprint density at radius 1 is 1.17 bits per heavy atom. The summed E-state index contributed by atoms with van der Waals surface area (Å²) in [5.41, 5.74) is -0.876. The number of amides is 1. The number of alkyl carbamates (subject to hydrolysis) is 1. The molecule has 128 valence electrons. The van der Waals surface area contributed by atoms with Gasteiger partial charge in [-0.15, -0.1) is 0 Å². The predicted molar refractivity (Wildman–Crippen MR) is 89.2 cm³/mol. The molecule has 0 bridgehead atoms. The van der Waals surface area contributed by atoms with E-state index >= 15 is 0 Å². The largest absolute Gasteiger partial charge is 0.481 e. The van der Waals surface area contributed by atoms with Crippen LogP contribution in [0.15, 0.2) is 30.3 Å². The number of hydrogen-bond acceptors (Lipinski definition) is 3. The minimum atomic E-state index is -0.996. The van der Waals surface area contributed by atoms with Crippen molar-refractivity contribution in [3.05, 3.63) is 35.9 Å². The number of nitrogens with one attached hydrogen (secondary N) is 1. The van der Waals surface area contributed by atoms with Crippen molar-refractivity contribution >= 4 is 12.1 Å². The van der Waals surface area contributed by atoms with Gasteiger partial charge in [0.2, 0.25) is 0 Å². The summed E-state index contributed by atoms with van der Waals surface area (Å²) < 4.78 is 5.33. The summed E-state index contributed by atoms with van der Waals surface area (Å²) in [5.74, 6) is -0.768. The third kappa shape index (κ3) is 6.30. The lowest BCUT2D eigenvalue weighted by Gasteiger charge is -2.36. The second-order valence-electron chi connectivity index (χ2n) is 7.24. The molecule has 0 unspecified atom stereocenters. The molecule has 1 atom stereocenters. The Bertz CT molecular complexity index is 534. The number of hydrogen-bond donors (Lipinski definition) is 2. The van der Waals surface area contributed by atoms with E-state index in [0.29, 0.717) is 6.42 Å². The second-order valence-corrected chi connectivity index (χ2v) is 7.24. The van der Waals surface area contributed by atoms with E-state index < -0.39 is 23.2 Å².